The van der Waals surface area contributed by atoms with Crippen molar-refractivity contribution in [1.29, 1.82) is 0 Å². The number of carbonyl (C=O) groups is 1. The number of ether oxygens (including phenoxy) is 1. The first-order chi connectivity index (χ1) is 12.0. The van der Waals surface area contributed by atoms with Gasteiger partial charge < -0.3 is 4.74 Å². The number of halogens is 1. The van der Waals surface area contributed by atoms with Crippen molar-refractivity contribution in [2.24, 2.45) is 0 Å². The normalized spacial score (nSPS) is 11.0. The second-order valence-electron chi connectivity index (χ2n) is 5.89. The van der Waals surface area contributed by atoms with Crippen molar-refractivity contribution >= 4 is 28.5 Å². The number of benzene rings is 2. The predicted octanol–water partition coefficient (Wildman–Crippen LogP) is 3.67. The first-order valence-corrected chi connectivity index (χ1v) is 8.28. The smallest absolute Gasteiger partial charge is 0.326 e. The van der Waals surface area contributed by atoms with Gasteiger partial charge in [0.05, 0.1) is 17.0 Å². The van der Waals surface area contributed by atoms with Crippen molar-refractivity contribution in [3.05, 3.63) is 63.9 Å². The molecule has 0 fully saturated rings. The van der Waals surface area contributed by atoms with Crippen LogP contribution in [0.1, 0.15) is 13.8 Å². The van der Waals surface area contributed by atoms with Gasteiger partial charge in [0.25, 0.3) is 5.56 Å². The van der Waals surface area contributed by atoms with Gasteiger partial charge in [-0.1, -0.05) is 23.7 Å². The number of hydrogen-bond donors (Lipinski definition) is 0. The fraction of sp³-hybridized carbons (Fsp3) is 0.211. The molecule has 0 spiro atoms. The molecule has 0 bridgehead atoms. The summed E-state index contributed by atoms with van der Waals surface area (Å²) in [5.41, 5.74) is 0.992. The van der Waals surface area contributed by atoms with E-state index in [2.05, 4.69) is 4.98 Å². The number of carbonyl (C=O) groups excluding carboxylic acids is 1. The maximum atomic E-state index is 12.9. The van der Waals surface area contributed by atoms with E-state index in [9.17, 15) is 9.59 Å². The molecular formula is C19H17ClN2O3. The molecule has 25 heavy (non-hydrogen) atoms. The quantitative estimate of drug-likeness (QED) is 0.669. The van der Waals surface area contributed by atoms with Crippen molar-refractivity contribution in [1.82, 2.24) is 9.55 Å². The van der Waals surface area contributed by atoms with Crippen molar-refractivity contribution < 1.29 is 9.53 Å². The van der Waals surface area contributed by atoms with E-state index < -0.39 is 5.97 Å². The molecule has 0 N–H and O–H groups in total. The van der Waals surface area contributed by atoms with Crippen LogP contribution in [0.15, 0.2) is 53.3 Å². The second kappa shape index (κ2) is 7.07. The first kappa shape index (κ1) is 17.2. The van der Waals surface area contributed by atoms with Crippen LogP contribution in [-0.4, -0.2) is 21.6 Å². The van der Waals surface area contributed by atoms with E-state index in [1.807, 2.05) is 6.07 Å². The third-order valence-electron chi connectivity index (χ3n) is 3.62. The number of aromatic nitrogens is 2. The molecule has 0 radical (unpaired) electrons. The average Bonchev–Trinajstić information content (AvgIpc) is 2.57. The van der Waals surface area contributed by atoms with Crippen LogP contribution < -0.4 is 5.56 Å². The minimum Gasteiger partial charge on any atom is -0.462 e. The highest BCUT2D eigenvalue weighted by Gasteiger charge is 2.16. The lowest BCUT2D eigenvalue weighted by molar-refractivity contribution is -0.148. The zero-order valence-electron chi connectivity index (χ0n) is 13.9. The van der Waals surface area contributed by atoms with Crippen molar-refractivity contribution in [2.75, 3.05) is 0 Å². The van der Waals surface area contributed by atoms with Gasteiger partial charge in [-0.3, -0.25) is 14.2 Å². The molecule has 1 aromatic heterocycles. The minimum absolute atomic E-state index is 0.202. The Labute approximate surface area is 149 Å². The number of para-hydroxylation sites is 1. The molecule has 6 heteroatoms. The Bertz CT molecular complexity index is 978. The Morgan fingerprint density at radius 2 is 1.84 bits per heavy atom. The van der Waals surface area contributed by atoms with E-state index >= 15 is 0 Å². The van der Waals surface area contributed by atoms with Gasteiger partial charge >= 0.3 is 5.97 Å². The third-order valence-corrected chi connectivity index (χ3v) is 3.87. The van der Waals surface area contributed by atoms with Crippen LogP contribution in [0.5, 0.6) is 0 Å². The Morgan fingerprint density at radius 3 is 2.52 bits per heavy atom. The van der Waals surface area contributed by atoms with Gasteiger partial charge in [0.1, 0.15) is 12.4 Å². The van der Waals surface area contributed by atoms with Gasteiger partial charge in [-0.05, 0) is 50.2 Å². The minimum atomic E-state index is -0.482. The van der Waals surface area contributed by atoms with E-state index in [0.717, 1.165) is 0 Å². The molecule has 0 unspecified atom stereocenters. The maximum Gasteiger partial charge on any atom is 0.326 e. The molecular weight excluding hydrogens is 340 g/mol. The van der Waals surface area contributed by atoms with Gasteiger partial charge in [-0.25, -0.2) is 4.98 Å². The summed E-state index contributed by atoms with van der Waals surface area (Å²) >= 11 is 5.94. The summed E-state index contributed by atoms with van der Waals surface area (Å²) in [6, 6.07) is 14.0. The lowest BCUT2D eigenvalue weighted by Gasteiger charge is -2.14. The Kier molecular flexibility index (Phi) is 4.86. The summed E-state index contributed by atoms with van der Waals surface area (Å²) in [4.78, 5) is 29.6. The highest BCUT2D eigenvalue weighted by Crippen LogP contribution is 2.21. The number of rotatable bonds is 4. The molecule has 0 aliphatic carbocycles. The third kappa shape index (κ3) is 3.72. The van der Waals surface area contributed by atoms with Crippen LogP contribution in [0, 0.1) is 0 Å². The Balaban J connectivity index is 2.19. The van der Waals surface area contributed by atoms with Crippen molar-refractivity contribution in [2.45, 2.75) is 26.5 Å². The summed E-state index contributed by atoms with van der Waals surface area (Å²) in [6.07, 6.45) is -0.254. The van der Waals surface area contributed by atoms with E-state index in [0.29, 0.717) is 27.3 Å². The molecule has 1 heterocycles. The topological polar surface area (TPSA) is 61.2 Å². The summed E-state index contributed by atoms with van der Waals surface area (Å²) in [5.74, 6) is -0.0783. The molecule has 0 amide bonds. The second-order valence-corrected chi connectivity index (χ2v) is 6.33. The SMILES string of the molecule is CC(C)OC(=O)Cn1c(-c2ccc(Cl)cc2)nc2ccccc2c1=O. The lowest BCUT2D eigenvalue weighted by Crippen LogP contribution is -2.29. The van der Waals surface area contributed by atoms with E-state index in [4.69, 9.17) is 16.3 Å². The van der Waals surface area contributed by atoms with E-state index in [1.165, 1.54) is 4.57 Å². The Morgan fingerprint density at radius 1 is 1.16 bits per heavy atom. The van der Waals surface area contributed by atoms with Crippen LogP contribution in [0.25, 0.3) is 22.3 Å². The zero-order chi connectivity index (χ0) is 18.0. The monoisotopic (exact) mass is 356 g/mol. The fourth-order valence-corrected chi connectivity index (χ4v) is 2.69. The summed E-state index contributed by atoms with van der Waals surface area (Å²) in [7, 11) is 0. The van der Waals surface area contributed by atoms with Crippen LogP contribution >= 0.6 is 11.6 Å². The maximum absolute atomic E-state index is 12.9. The molecule has 128 valence electrons. The number of hydrogen-bond acceptors (Lipinski definition) is 4. The van der Waals surface area contributed by atoms with Crippen LogP contribution in [-0.2, 0) is 16.1 Å². The largest absolute Gasteiger partial charge is 0.462 e. The summed E-state index contributed by atoms with van der Waals surface area (Å²) in [6.45, 7) is 3.33. The van der Waals surface area contributed by atoms with Crippen molar-refractivity contribution in [3.8, 4) is 11.4 Å². The molecule has 3 rings (SSSR count). The Hall–Kier alpha value is -2.66. The number of esters is 1. The fourth-order valence-electron chi connectivity index (χ4n) is 2.56. The van der Waals surface area contributed by atoms with Gasteiger partial charge in [-0.2, -0.15) is 0 Å². The van der Waals surface area contributed by atoms with Crippen LogP contribution in [0.2, 0.25) is 5.02 Å². The molecule has 0 aliphatic rings. The molecule has 2 aromatic carbocycles. The number of nitrogens with zero attached hydrogens (tertiary/aromatic N) is 2. The first-order valence-electron chi connectivity index (χ1n) is 7.90. The zero-order valence-corrected chi connectivity index (χ0v) is 14.7. The van der Waals surface area contributed by atoms with Crippen LogP contribution in [0.3, 0.4) is 0 Å². The molecule has 5 nitrogen and oxygen atoms in total. The predicted molar refractivity (Wildman–Crippen MR) is 97.7 cm³/mol. The molecule has 0 saturated carbocycles. The molecule has 0 atom stereocenters. The number of fused-ring (bicyclic) bond motifs is 1. The molecule has 0 saturated heterocycles. The highest BCUT2D eigenvalue weighted by atomic mass is 35.5. The molecule has 0 aliphatic heterocycles. The van der Waals surface area contributed by atoms with Crippen molar-refractivity contribution in [3.63, 3.8) is 0 Å². The average molecular weight is 357 g/mol. The summed E-state index contributed by atoms with van der Waals surface area (Å²) in [5, 5.41) is 1.04. The standard InChI is InChI=1S/C19H17ClN2O3/c1-12(2)25-17(23)11-22-18(13-7-9-14(20)10-8-13)21-16-6-4-3-5-15(16)19(22)24/h3-10,12H,11H2,1-2H3. The molecule has 3 aromatic rings. The van der Waals surface area contributed by atoms with E-state index in [-0.39, 0.29) is 18.2 Å². The van der Waals surface area contributed by atoms with E-state index in [1.54, 1.807) is 56.3 Å². The summed E-state index contributed by atoms with van der Waals surface area (Å²) < 4.78 is 6.53. The highest BCUT2D eigenvalue weighted by molar-refractivity contribution is 6.30. The van der Waals surface area contributed by atoms with Gasteiger partial charge in [-0.15, -0.1) is 0 Å². The van der Waals surface area contributed by atoms with Gasteiger partial charge in [0.2, 0.25) is 0 Å². The lowest BCUT2D eigenvalue weighted by atomic mass is 10.2. The van der Waals surface area contributed by atoms with Gasteiger partial charge in [0.15, 0.2) is 0 Å². The van der Waals surface area contributed by atoms with Crippen LogP contribution in [0.4, 0.5) is 0 Å². The van der Waals surface area contributed by atoms with Gasteiger partial charge in [0, 0.05) is 10.6 Å².